The molecular weight excluding hydrogens is 426 g/mol. The zero-order valence-electron chi connectivity index (χ0n) is 18.1. The van der Waals surface area contributed by atoms with Gasteiger partial charge in [0.2, 0.25) is 5.91 Å². The van der Waals surface area contributed by atoms with Crippen LogP contribution in [-0.2, 0) is 4.79 Å². The number of hydrogen-bond acceptors (Lipinski definition) is 3. The number of rotatable bonds is 7. The van der Waals surface area contributed by atoms with Crippen molar-refractivity contribution in [2.45, 2.75) is 25.8 Å². The molecule has 168 valence electrons. The Balaban J connectivity index is 1.68. The highest BCUT2D eigenvalue weighted by atomic mass is 35.5. The van der Waals surface area contributed by atoms with E-state index < -0.39 is 6.04 Å². The SMILES string of the molecule is C=CCNC(=O)C(NC(=O)c1cccc(C)c1)C1CCN(C(=O)c2ccc(Cl)cc2)CC1. The first-order chi connectivity index (χ1) is 15.4. The van der Waals surface area contributed by atoms with Gasteiger partial charge in [-0.05, 0) is 62.1 Å². The lowest BCUT2D eigenvalue weighted by atomic mass is 9.88. The Kier molecular flexibility index (Phi) is 8.06. The van der Waals surface area contributed by atoms with Gasteiger partial charge in [-0.25, -0.2) is 0 Å². The predicted octanol–water partition coefficient (Wildman–Crippen LogP) is 3.60. The van der Waals surface area contributed by atoms with E-state index in [1.165, 1.54) is 0 Å². The summed E-state index contributed by atoms with van der Waals surface area (Å²) in [5, 5.41) is 6.30. The van der Waals surface area contributed by atoms with Gasteiger partial charge in [-0.3, -0.25) is 14.4 Å². The van der Waals surface area contributed by atoms with E-state index in [9.17, 15) is 14.4 Å². The van der Waals surface area contributed by atoms with Gasteiger partial charge in [-0.1, -0.05) is 35.4 Å². The molecule has 2 aromatic carbocycles. The van der Waals surface area contributed by atoms with E-state index >= 15 is 0 Å². The molecule has 0 spiro atoms. The molecule has 1 fully saturated rings. The molecule has 1 atom stereocenters. The summed E-state index contributed by atoms with van der Waals surface area (Å²) >= 11 is 5.91. The van der Waals surface area contributed by atoms with Crippen LogP contribution in [0.2, 0.25) is 5.02 Å². The number of likely N-dealkylation sites (tertiary alicyclic amines) is 1. The predicted molar refractivity (Wildman–Crippen MR) is 126 cm³/mol. The largest absolute Gasteiger partial charge is 0.351 e. The minimum absolute atomic E-state index is 0.0587. The molecule has 2 N–H and O–H groups in total. The molecule has 0 aliphatic carbocycles. The Hall–Kier alpha value is -3.12. The molecule has 3 rings (SSSR count). The van der Waals surface area contributed by atoms with Crippen molar-refractivity contribution < 1.29 is 14.4 Å². The van der Waals surface area contributed by atoms with Crippen LogP contribution in [0.25, 0.3) is 0 Å². The van der Waals surface area contributed by atoms with Gasteiger partial charge in [-0.2, -0.15) is 0 Å². The highest BCUT2D eigenvalue weighted by Crippen LogP contribution is 2.23. The Morgan fingerprint density at radius 1 is 1.12 bits per heavy atom. The second-order valence-electron chi connectivity index (χ2n) is 7.99. The van der Waals surface area contributed by atoms with Crippen LogP contribution in [0.3, 0.4) is 0 Å². The van der Waals surface area contributed by atoms with E-state index in [0.717, 1.165) is 5.56 Å². The lowest BCUT2D eigenvalue weighted by Crippen LogP contribution is -2.53. The average molecular weight is 454 g/mol. The van der Waals surface area contributed by atoms with Gasteiger partial charge in [-0.15, -0.1) is 6.58 Å². The third-order valence-electron chi connectivity index (χ3n) is 5.66. The van der Waals surface area contributed by atoms with Gasteiger partial charge < -0.3 is 15.5 Å². The first-order valence-electron chi connectivity index (χ1n) is 10.7. The summed E-state index contributed by atoms with van der Waals surface area (Å²) in [5.41, 5.74) is 2.07. The molecular formula is C25H28ClN3O3. The standard InChI is InChI=1S/C25H28ClN3O3/c1-3-13-27-24(31)22(28-23(30)20-6-4-5-17(2)16-20)18-11-14-29(15-12-18)25(32)19-7-9-21(26)10-8-19/h3-10,16,18,22H,1,11-15H2,2H3,(H,27,31)(H,28,30). The smallest absolute Gasteiger partial charge is 0.253 e. The summed E-state index contributed by atoms with van der Waals surface area (Å²) < 4.78 is 0. The number of aryl methyl sites for hydroxylation is 1. The van der Waals surface area contributed by atoms with Crippen molar-refractivity contribution in [3.8, 4) is 0 Å². The zero-order valence-corrected chi connectivity index (χ0v) is 18.9. The minimum atomic E-state index is -0.684. The Bertz CT molecular complexity index is 982. The highest BCUT2D eigenvalue weighted by Gasteiger charge is 2.34. The lowest BCUT2D eigenvalue weighted by Gasteiger charge is -2.35. The number of nitrogens with one attached hydrogen (secondary N) is 2. The summed E-state index contributed by atoms with van der Waals surface area (Å²) in [4.78, 5) is 40.2. The summed E-state index contributed by atoms with van der Waals surface area (Å²) in [6, 6.07) is 13.4. The number of carbonyl (C=O) groups excluding carboxylic acids is 3. The van der Waals surface area contributed by atoms with Crippen molar-refractivity contribution in [3.63, 3.8) is 0 Å². The van der Waals surface area contributed by atoms with Crippen LogP contribution in [0.1, 0.15) is 39.1 Å². The monoisotopic (exact) mass is 453 g/mol. The normalized spacial score (nSPS) is 15.0. The number of nitrogens with zero attached hydrogens (tertiary/aromatic N) is 1. The van der Waals surface area contributed by atoms with Gasteiger partial charge in [0.1, 0.15) is 6.04 Å². The van der Waals surface area contributed by atoms with Crippen LogP contribution < -0.4 is 10.6 Å². The van der Waals surface area contributed by atoms with Crippen molar-refractivity contribution in [3.05, 3.63) is 82.9 Å². The van der Waals surface area contributed by atoms with E-state index in [1.54, 1.807) is 47.4 Å². The fraction of sp³-hybridized carbons (Fsp3) is 0.320. The minimum Gasteiger partial charge on any atom is -0.351 e. The van der Waals surface area contributed by atoms with E-state index in [-0.39, 0.29) is 23.6 Å². The van der Waals surface area contributed by atoms with Gasteiger partial charge in [0.15, 0.2) is 0 Å². The van der Waals surface area contributed by atoms with Crippen LogP contribution >= 0.6 is 11.6 Å². The maximum atomic E-state index is 12.8. The summed E-state index contributed by atoms with van der Waals surface area (Å²) in [5.74, 6) is -0.667. The summed E-state index contributed by atoms with van der Waals surface area (Å²) in [7, 11) is 0. The second-order valence-corrected chi connectivity index (χ2v) is 8.43. The number of benzene rings is 2. The Morgan fingerprint density at radius 3 is 2.44 bits per heavy atom. The molecule has 2 aromatic rings. The third kappa shape index (κ3) is 5.98. The number of amides is 3. The first kappa shape index (κ1) is 23.5. The van der Waals surface area contributed by atoms with Crippen LogP contribution in [0.15, 0.2) is 61.2 Å². The topological polar surface area (TPSA) is 78.5 Å². The molecule has 0 radical (unpaired) electrons. The highest BCUT2D eigenvalue weighted by molar-refractivity contribution is 6.30. The molecule has 1 unspecified atom stereocenters. The molecule has 6 nitrogen and oxygen atoms in total. The van der Waals surface area contributed by atoms with Crippen molar-refractivity contribution in [2.75, 3.05) is 19.6 Å². The van der Waals surface area contributed by atoms with Gasteiger partial charge >= 0.3 is 0 Å². The maximum Gasteiger partial charge on any atom is 0.253 e. The summed E-state index contributed by atoms with van der Waals surface area (Å²) in [6.07, 6.45) is 2.82. The maximum absolute atomic E-state index is 12.8. The number of carbonyl (C=O) groups is 3. The Labute approximate surface area is 193 Å². The fourth-order valence-corrected chi connectivity index (χ4v) is 4.03. The fourth-order valence-electron chi connectivity index (χ4n) is 3.90. The van der Waals surface area contributed by atoms with E-state index in [0.29, 0.717) is 48.6 Å². The van der Waals surface area contributed by atoms with Crippen LogP contribution in [0, 0.1) is 12.8 Å². The number of halogens is 1. The lowest BCUT2D eigenvalue weighted by molar-refractivity contribution is -0.124. The molecule has 0 saturated carbocycles. The van der Waals surface area contributed by atoms with E-state index in [2.05, 4.69) is 17.2 Å². The molecule has 1 aliphatic heterocycles. The van der Waals surface area contributed by atoms with Gasteiger partial charge in [0.25, 0.3) is 11.8 Å². The van der Waals surface area contributed by atoms with Crippen LogP contribution in [0.4, 0.5) is 0 Å². The van der Waals surface area contributed by atoms with Crippen LogP contribution in [-0.4, -0.2) is 48.3 Å². The van der Waals surface area contributed by atoms with Crippen molar-refractivity contribution >= 4 is 29.3 Å². The van der Waals surface area contributed by atoms with Crippen molar-refractivity contribution in [1.82, 2.24) is 15.5 Å². The van der Waals surface area contributed by atoms with Gasteiger partial charge in [0.05, 0.1) is 0 Å². The molecule has 0 aromatic heterocycles. The average Bonchev–Trinajstić information content (AvgIpc) is 2.81. The first-order valence-corrected chi connectivity index (χ1v) is 11.1. The third-order valence-corrected chi connectivity index (χ3v) is 5.91. The molecule has 7 heteroatoms. The quantitative estimate of drug-likeness (QED) is 0.629. The van der Waals surface area contributed by atoms with Crippen molar-refractivity contribution in [2.24, 2.45) is 5.92 Å². The van der Waals surface area contributed by atoms with Crippen molar-refractivity contribution in [1.29, 1.82) is 0 Å². The molecule has 0 bridgehead atoms. The second kappa shape index (κ2) is 11.0. The number of piperidine rings is 1. The number of hydrogen-bond donors (Lipinski definition) is 2. The van der Waals surface area contributed by atoms with Gasteiger partial charge in [0, 0.05) is 35.8 Å². The summed E-state index contributed by atoms with van der Waals surface area (Å²) in [6.45, 7) is 6.89. The van der Waals surface area contributed by atoms with E-state index in [1.807, 2.05) is 19.1 Å². The molecule has 1 heterocycles. The molecule has 1 saturated heterocycles. The Morgan fingerprint density at radius 2 is 1.81 bits per heavy atom. The van der Waals surface area contributed by atoms with E-state index in [4.69, 9.17) is 11.6 Å². The zero-order chi connectivity index (χ0) is 23.1. The molecule has 32 heavy (non-hydrogen) atoms. The molecule has 3 amide bonds. The van der Waals surface area contributed by atoms with Crippen LogP contribution in [0.5, 0.6) is 0 Å². The molecule has 1 aliphatic rings.